The van der Waals surface area contributed by atoms with E-state index >= 15 is 0 Å². The Kier molecular flexibility index (Phi) is 5.76. The summed E-state index contributed by atoms with van der Waals surface area (Å²) < 4.78 is 14.2. The molecular weight excluding hydrogens is 389 g/mol. The summed E-state index contributed by atoms with van der Waals surface area (Å²) in [4.78, 5) is 28.8. The number of carboxylic acids is 2. The molecule has 0 saturated carbocycles. The van der Waals surface area contributed by atoms with Gasteiger partial charge in [0.1, 0.15) is 5.82 Å². The van der Waals surface area contributed by atoms with Gasteiger partial charge in [-0.3, -0.25) is 14.6 Å². The Bertz CT molecular complexity index is 1010. The monoisotopic (exact) mass is 413 g/mol. The molecule has 1 heterocycles. The maximum atomic E-state index is 14.2. The standard InChI is InChI=1S/C23H24FNO5/c1-14-18(17-8-19(24)15(2)25-11-17)10-22(20(27)28,9-16-6-4-3-5-7-16)12-23(14,13-26)21(29)30/h3-8,10-11,14,26H,9,12-13H2,1-2H3,(H,27,28)(H,29,30). The highest BCUT2D eigenvalue weighted by atomic mass is 19.1. The molecule has 0 spiro atoms. The zero-order valence-electron chi connectivity index (χ0n) is 16.8. The zero-order valence-corrected chi connectivity index (χ0v) is 16.8. The Hall–Kier alpha value is -3.06. The Morgan fingerprint density at radius 2 is 1.87 bits per heavy atom. The van der Waals surface area contributed by atoms with E-state index in [4.69, 9.17) is 0 Å². The van der Waals surface area contributed by atoms with Gasteiger partial charge in [0.25, 0.3) is 0 Å². The lowest BCUT2D eigenvalue weighted by atomic mass is 9.56. The summed E-state index contributed by atoms with van der Waals surface area (Å²) in [5.41, 5.74) is -1.77. The second kappa shape index (κ2) is 7.99. The van der Waals surface area contributed by atoms with E-state index in [1.54, 1.807) is 37.3 Å². The van der Waals surface area contributed by atoms with Crippen molar-refractivity contribution in [2.24, 2.45) is 16.7 Å². The van der Waals surface area contributed by atoms with Crippen LogP contribution in [0.15, 0.2) is 48.7 Å². The van der Waals surface area contributed by atoms with E-state index in [1.807, 2.05) is 0 Å². The maximum Gasteiger partial charge on any atom is 0.313 e. The topological polar surface area (TPSA) is 108 Å². The van der Waals surface area contributed by atoms with Crippen molar-refractivity contribution in [3.8, 4) is 0 Å². The van der Waals surface area contributed by atoms with Gasteiger partial charge in [0.15, 0.2) is 0 Å². The zero-order chi connectivity index (χ0) is 22.1. The van der Waals surface area contributed by atoms with E-state index in [-0.39, 0.29) is 18.5 Å². The van der Waals surface area contributed by atoms with Gasteiger partial charge in [-0.1, -0.05) is 43.3 Å². The third kappa shape index (κ3) is 3.61. The SMILES string of the molecule is Cc1ncc(C2=CC(Cc3ccccc3)(C(=O)O)CC(CO)(C(=O)O)C2C)cc1F. The fraction of sp³-hybridized carbons (Fsp3) is 0.348. The van der Waals surface area contributed by atoms with Crippen LogP contribution in [0.2, 0.25) is 0 Å². The van der Waals surface area contributed by atoms with Gasteiger partial charge in [-0.2, -0.15) is 0 Å². The Labute approximate surface area is 173 Å². The highest BCUT2D eigenvalue weighted by Gasteiger charge is 2.56. The number of aromatic nitrogens is 1. The number of pyridine rings is 1. The van der Waals surface area contributed by atoms with E-state index in [1.165, 1.54) is 25.3 Å². The van der Waals surface area contributed by atoms with Crippen LogP contribution in [0.4, 0.5) is 4.39 Å². The molecule has 1 aromatic carbocycles. The van der Waals surface area contributed by atoms with Crippen molar-refractivity contribution in [3.05, 3.63) is 71.3 Å². The third-order valence-corrected chi connectivity index (χ3v) is 6.21. The van der Waals surface area contributed by atoms with Crippen LogP contribution in [0.5, 0.6) is 0 Å². The lowest BCUT2D eigenvalue weighted by Crippen LogP contribution is -2.51. The van der Waals surface area contributed by atoms with Crippen LogP contribution in [0.3, 0.4) is 0 Å². The second-order valence-electron chi connectivity index (χ2n) is 8.03. The molecule has 3 unspecified atom stereocenters. The molecule has 6 nitrogen and oxygen atoms in total. The molecule has 0 bridgehead atoms. The number of carbonyl (C=O) groups is 2. The van der Waals surface area contributed by atoms with Gasteiger partial charge < -0.3 is 15.3 Å². The number of hydrogen-bond acceptors (Lipinski definition) is 4. The van der Waals surface area contributed by atoms with Crippen molar-refractivity contribution >= 4 is 17.5 Å². The van der Waals surface area contributed by atoms with Crippen molar-refractivity contribution in [3.63, 3.8) is 0 Å². The molecule has 3 rings (SSSR count). The third-order valence-electron chi connectivity index (χ3n) is 6.21. The van der Waals surface area contributed by atoms with E-state index < -0.39 is 41.1 Å². The summed E-state index contributed by atoms with van der Waals surface area (Å²) in [7, 11) is 0. The van der Waals surface area contributed by atoms with Crippen LogP contribution in [-0.4, -0.2) is 38.8 Å². The number of aliphatic hydroxyl groups is 1. The summed E-state index contributed by atoms with van der Waals surface area (Å²) in [5, 5.41) is 30.4. The minimum Gasteiger partial charge on any atom is -0.481 e. The lowest BCUT2D eigenvalue weighted by Gasteiger charge is -2.45. The van der Waals surface area contributed by atoms with E-state index in [9.17, 15) is 29.3 Å². The van der Waals surface area contributed by atoms with Gasteiger partial charge in [-0.25, -0.2) is 4.39 Å². The number of aliphatic hydroxyl groups excluding tert-OH is 1. The highest BCUT2D eigenvalue weighted by Crippen LogP contribution is 2.53. The lowest BCUT2D eigenvalue weighted by molar-refractivity contribution is -0.161. The Morgan fingerprint density at radius 3 is 2.40 bits per heavy atom. The predicted molar refractivity (Wildman–Crippen MR) is 108 cm³/mol. The van der Waals surface area contributed by atoms with Crippen LogP contribution >= 0.6 is 0 Å². The molecule has 2 aromatic rings. The number of halogens is 1. The van der Waals surface area contributed by atoms with Crippen LogP contribution in [0.25, 0.3) is 5.57 Å². The van der Waals surface area contributed by atoms with Gasteiger partial charge in [0.2, 0.25) is 0 Å². The van der Waals surface area contributed by atoms with Crippen molar-refractivity contribution < 1.29 is 29.3 Å². The van der Waals surface area contributed by atoms with E-state index in [0.29, 0.717) is 11.1 Å². The van der Waals surface area contributed by atoms with Gasteiger partial charge in [-0.15, -0.1) is 0 Å². The summed E-state index contributed by atoms with van der Waals surface area (Å²) in [5.74, 6) is -3.81. The van der Waals surface area contributed by atoms with Crippen LogP contribution in [0.1, 0.15) is 30.2 Å². The van der Waals surface area contributed by atoms with Crippen molar-refractivity contribution in [1.82, 2.24) is 4.98 Å². The average Bonchev–Trinajstić information content (AvgIpc) is 2.72. The molecule has 0 amide bonds. The number of benzene rings is 1. The molecule has 0 fully saturated rings. The smallest absolute Gasteiger partial charge is 0.313 e. The molecule has 0 radical (unpaired) electrons. The first kappa shape index (κ1) is 21.6. The van der Waals surface area contributed by atoms with Gasteiger partial charge in [0.05, 0.1) is 23.1 Å². The van der Waals surface area contributed by atoms with Gasteiger partial charge in [-0.05, 0) is 48.4 Å². The fourth-order valence-electron chi connectivity index (χ4n) is 4.29. The number of aryl methyl sites for hydroxylation is 1. The average molecular weight is 413 g/mol. The molecule has 3 N–H and O–H groups in total. The summed E-state index contributed by atoms with van der Waals surface area (Å²) in [6, 6.07) is 10.1. The van der Waals surface area contributed by atoms with Crippen molar-refractivity contribution in [2.75, 3.05) is 6.61 Å². The fourth-order valence-corrected chi connectivity index (χ4v) is 4.29. The molecule has 1 aromatic heterocycles. The molecule has 30 heavy (non-hydrogen) atoms. The minimum atomic E-state index is -1.74. The first-order valence-electron chi connectivity index (χ1n) is 9.62. The number of hydrogen-bond donors (Lipinski definition) is 3. The summed E-state index contributed by atoms with van der Waals surface area (Å²) in [6.07, 6.45) is 2.68. The van der Waals surface area contributed by atoms with Gasteiger partial charge >= 0.3 is 11.9 Å². The van der Waals surface area contributed by atoms with Crippen molar-refractivity contribution in [2.45, 2.75) is 26.7 Å². The first-order chi connectivity index (χ1) is 14.1. The van der Waals surface area contributed by atoms with E-state index in [0.717, 1.165) is 5.56 Å². The van der Waals surface area contributed by atoms with Crippen LogP contribution < -0.4 is 0 Å². The molecule has 0 aliphatic heterocycles. The number of aliphatic carboxylic acids is 2. The van der Waals surface area contributed by atoms with Crippen LogP contribution in [0, 0.1) is 29.5 Å². The minimum absolute atomic E-state index is 0.0379. The number of carboxylic acid groups (broad SMARTS) is 2. The maximum absolute atomic E-state index is 14.2. The molecule has 0 saturated heterocycles. The van der Waals surface area contributed by atoms with E-state index in [2.05, 4.69) is 4.98 Å². The summed E-state index contributed by atoms with van der Waals surface area (Å²) in [6.45, 7) is 2.37. The van der Waals surface area contributed by atoms with Gasteiger partial charge in [0, 0.05) is 6.20 Å². The number of nitrogens with zero attached hydrogens (tertiary/aromatic N) is 1. The Balaban J connectivity index is 2.26. The number of allylic oxidation sites excluding steroid dienone is 1. The molecule has 1 aliphatic carbocycles. The summed E-state index contributed by atoms with van der Waals surface area (Å²) >= 11 is 0. The second-order valence-corrected chi connectivity index (χ2v) is 8.03. The number of rotatable bonds is 6. The predicted octanol–water partition coefficient (Wildman–Crippen LogP) is 3.33. The highest BCUT2D eigenvalue weighted by molar-refractivity contribution is 5.88. The molecule has 158 valence electrons. The van der Waals surface area contributed by atoms with Crippen LogP contribution in [-0.2, 0) is 16.0 Å². The Morgan fingerprint density at radius 1 is 1.20 bits per heavy atom. The largest absolute Gasteiger partial charge is 0.481 e. The first-order valence-corrected chi connectivity index (χ1v) is 9.62. The quantitative estimate of drug-likeness (QED) is 0.671. The molecule has 3 atom stereocenters. The molecule has 7 heteroatoms. The molecular formula is C23H24FNO5. The normalized spacial score (nSPS) is 26.1. The van der Waals surface area contributed by atoms with Crippen molar-refractivity contribution in [1.29, 1.82) is 0 Å². The molecule has 1 aliphatic rings.